The second-order valence-electron chi connectivity index (χ2n) is 6.51. The molecule has 0 atom stereocenters. The van der Waals surface area contributed by atoms with Crippen LogP contribution in [0.1, 0.15) is 16.8 Å². The maximum Gasteiger partial charge on any atom is 0.224 e. The maximum absolute atomic E-state index is 4.72. The molecule has 0 saturated heterocycles. The van der Waals surface area contributed by atoms with Gasteiger partial charge in [0, 0.05) is 42.4 Å². The van der Waals surface area contributed by atoms with Gasteiger partial charge in [-0.3, -0.25) is 0 Å². The second-order valence-corrected chi connectivity index (χ2v) is 7.42. The van der Waals surface area contributed by atoms with Crippen LogP contribution in [0.5, 0.6) is 0 Å². The van der Waals surface area contributed by atoms with Gasteiger partial charge in [0.05, 0.1) is 0 Å². The SMILES string of the molecule is Cc1cc(N2CCc3ccc(Br)cc3C2)nc(NCCN(C)C)n1. The van der Waals surface area contributed by atoms with Crippen LogP contribution in [0.2, 0.25) is 0 Å². The molecule has 24 heavy (non-hydrogen) atoms. The van der Waals surface area contributed by atoms with Crippen molar-refractivity contribution in [3.05, 3.63) is 45.6 Å². The second kappa shape index (κ2) is 7.49. The van der Waals surface area contributed by atoms with Gasteiger partial charge in [0.1, 0.15) is 5.82 Å². The van der Waals surface area contributed by atoms with Crippen molar-refractivity contribution >= 4 is 27.7 Å². The Hall–Kier alpha value is -1.66. The summed E-state index contributed by atoms with van der Waals surface area (Å²) in [6.07, 6.45) is 1.05. The Morgan fingerprint density at radius 1 is 1.21 bits per heavy atom. The summed E-state index contributed by atoms with van der Waals surface area (Å²) < 4.78 is 1.13. The molecule has 2 heterocycles. The summed E-state index contributed by atoms with van der Waals surface area (Å²) in [5.41, 5.74) is 3.80. The molecule has 0 saturated carbocycles. The minimum Gasteiger partial charge on any atom is -0.353 e. The topological polar surface area (TPSA) is 44.3 Å². The highest BCUT2D eigenvalue weighted by atomic mass is 79.9. The molecule has 0 unspecified atom stereocenters. The molecular formula is C18H24BrN5. The smallest absolute Gasteiger partial charge is 0.224 e. The van der Waals surface area contributed by atoms with Gasteiger partial charge in [-0.15, -0.1) is 0 Å². The van der Waals surface area contributed by atoms with E-state index in [1.807, 2.05) is 6.92 Å². The number of aromatic nitrogens is 2. The zero-order valence-electron chi connectivity index (χ0n) is 14.5. The molecule has 2 aromatic rings. The largest absolute Gasteiger partial charge is 0.353 e. The standard InChI is InChI=1S/C18H24BrN5/c1-13-10-17(22-18(21-13)20-7-9-23(2)3)24-8-6-14-4-5-16(19)11-15(14)12-24/h4-5,10-11H,6-9,12H2,1-3H3,(H,20,21,22). The fourth-order valence-corrected chi connectivity index (χ4v) is 3.31. The van der Waals surface area contributed by atoms with Gasteiger partial charge in [0.2, 0.25) is 5.95 Å². The summed E-state index contributed by atoms with van der Waals surface area (Å²) >= 11 is 3.57. The van der Waals surface area contributed by atoms with Crippen LogP contribution in [0.3, 0.4) is 0 Å². The molecule has 5 nitrogen and oxygen atoms in total. The van der Waals surface area contributed by atoms with E-state index in [0.29, 0.717) is 5.95 Å². The fraction of sp³-hybridized carbons (Fsp3) is 0.444. The van der Waals surface area contributed by atoms with Gasteiger partial charge in [-0.25, -0.2) is 4.98 Å². The predicted molar refractivity (Wildman–Crippen MR) is 103 cm³/mol. The van der Waals surface area contributed by atoms with E-state index in [0.717, 1.165) is 48.6 Å². The van der Waals surface area contributed by atoms with Crippen molar-refractivity contribution in [3.8, 4) is 0 Å². The van der Waals surface area contributed by atoms with E-state index in [1.54, 1.807) is 0 Å². The van der Waals surface area contributed by atoms with E-state index in [2.05, 4.69) is 74.4 Å². The summed E-state index contributed by atoms with van der Waals surface area (Å²) in [5.74, 6) is 1.72. The van der Waals surface area contributed by atoms with Gasteiger partial charge in [-0.05, 0) is 50.7 Å². The van der Waals surface area contributed by atoms with E-state index in [-0.39, 0.29) is 0 Å². The van der Waals surface area contributed by atoms with Crippen molar-refractivity contribution in [2.75, 3.05) is 43.9 Å². The molecular weight excluding hydrogens is 366 g/mol. The van der Waals surface area contributed by atoms with E-state index in [1.165, 1.54) is 11.1 Å². The predicted octanol–water partition coefficient (Wildman–Crippen LogP) is 3.08. The van der Waals surface area contributed by atoms with Crippen LogP contribution in [0.15, 0.2) is 28.7 Å². The van der Waals surface area contributed by atoms with E-state index in [4.69, 9.17) is 4.98 Å². The van der Waals surface area contributed by atoms with Crippen molar-refractivity contribution in [1.82, 2.24) is 14.9 Å². The van der Waals surface area contributed by atoms with Crippen LogP contribution in [0.25, 0.3) is 0 Å². The molecule has 0 spiro atoms. The first-order valence-electron chi connectivity index (χ1n) is 8.28. The lowest BCUT2D eigenvalue weighted by molar-refractivity contribution is 0.425. The zero-order chi connectivity index (χ0) is 17.1. The minimum atomic E-state index is 0.715. The average molecular weight is 390 g/mol. The van der Waals surface area contributed by atoms with Crippen molar-refractivity contribution in [1.29, 1.82) is 0 Å². The molecule has 6 heteroatoms. The van der Waals surface area contributed by atoms with Gasteiger partial charge in [0.15, 0.2) is 0 Å². The lowest BCUT2D eigenvalue weighted by atomic mass is 10.00. The zero-order valence-corrected chi connectivity index (χ0v) is 16.1. The van der Waals surface area contributed by atoms with Crippen LogP contribution in [0, 0.1) is 6.92 Å². The first kappa shape index (κ1) is 17.2. The third-order valence-corrected chi connectivity index (χ3v) is 4.68. The van der Waals surface area contributed by atoms with Gasteiger partial charge < -0.3 is 15.1 Å². The quantitative estimate of drug-likeness (QED) is 0.850. The number of rotatable bonds is 5. The molecule has 0 amide bonds. The number of likely N-dealkylation sites (N-methyl/N-ethyl adjacent to an activating group) is 1. The molecule has 1 aliphatic heterocycles. The summed E-state index contributed by atoms with van der Waals surface area (Å²) in [5, 5.41) is 3.33. The van der Waals surface area contributed by atoms with E-state index >= 15 is 0 Å². The number of nitrogens with zero attached hydrogens (tertiary/aromatic N) is 4. The third-order valence-electron chi connectivity index (χ3n) is 4.19. The first-order chi connectivity index (χ1) is 11.5. The Morgan fingerprint density at radius 3 is 2.83 bits per heavy atom. The van der Waals surface area contributed by atoms with Crippen LogP contribution in [-0.4, -0.2) is 48.6 Å². The molecule has 1 aromatic heterocycles. The molecule has 1 N–H and O–H groups in total. The molecule has 0 radical (unpaired) electrons. The Kier molecular flexibility index (Phi) is 5.36. The number of hydrogen-bond acceptors (Lipinski definition) is 5. The summed E-state index contributed by atoms with van der Waals surface area (Å²) in [4.78, 5) is 13.7. The molecule has 0 fully saturated rings. The number of nitrogens with one attached hydrogen (secondary N) is 1. The number of benzene rings is 1. The summed E-state index contributed by atoms with van der Waals surface area (Å²) in [6.45, 7) is 5.70. The monoisotopic (exact) mass is 389 g/mol. The van der Waals surface area contributed by atoms with Crippen molar-refractivity contribution in [2.24, 2.45) is 0 Å². The number of aryl methyl sites for hydroxylation is 1. The van der Waals surface area contributed by atoms with Gasteiger partial charge in [0.25, 0.3) is 0 Å². The number of hydrogen-bond donors (Lipinski definition) is 1. The van der Waals surface area contributed by atoms with Crippen molar-refractivity contribution in [2.45, 2.75) is 19.9 Å². The average Bonchev–Trinajstić information content (AvgIpc) is 2.53. The molecule has 3 rings (SSSR count). The van der Waals surface area contributed by atoms with Crippen LogP contribution in [0.4, 0.5) is 11.8 Å². The molecule has 1 aliphatic rings. The Morgan fingerprint density at radius 2 is 2.04 bits per heavy atom. The Labute approximate surface area is 152 Å². The molecule has 128 valence electrons. The number of halogens is 1. The summed E-state index contributed by atoms with van der Waals surface area (Å²) in [7, 11) is 4.13. The van der Waals surface area contributed by atoms with E-state index in [9.17, 15) is 0 Å². The lowest BCUT2D eigenvalue weighted by Crippen LogP contribution is -2.31. The molecule has 0 bridgehead atoms. The molecule has 0 aliphatic carbocycles. The Balaban J connectivity index is 1.76. The van der Waals surface area contributed by atoms with Gasteiger partial charge >= 0.3 is 0 Å². The first-order valence-corrected chi connectivity index (χ1v) is 9.07. The highest BCUT2D eigenvalue weighted by Gasteiger charge is 2.18. The number of anilines is 2. The number of fused-ring (bicyclic) bond motifs is 1. The highest BCUT2D eigenvalue weighted by Crippen LogP contribution is 2.26. The van der Waals surface area contributed by atoms with Gasteiger partial charge in [-0.2, -0.15) is 4.98 Å². The van der Waals surface area contributed by atoms with E-state index < -0.39 is 0 Å². The van der Waals surface area contributed by atoms with Gasteiger partial charge in [-0.1, -0.05) is 22.0 Å². The summed E-state index contributed by atoms with van der Waals surface area (Å²) in [6, 6.07) is 8.62. The molecule has 1 aromatic carbocycles. The Bertz CT molecular complexity index is 717. The maximum atomic E-state index is 4.72. The highest BCUT2D eigenvalue weighted by molar-refractivity contribution is 9.10. The lowest BCUT2D eigenvalue weighted by Gasteiger charge is -2.30. The van der Waals surface area contributed by atoms with Crippen LogP contribution in [-0.2, 0) is 13.0 Å². The van der Waals surface area contributed by atoms with Crippen LogP contribution < -0.4 is 10.2 Å². The van der Waals surface area contributed by atoms with Crippen molar-refractivity contribution < 1.29 is 0 Å². The minimum absolute atomic E-state index is 0.715. The normalized spacial score (nSPS) is 14.0. The van der Waals surface area contributed by atoms with Crippen LogP contribution >= 0.6 is 15.9 Å². The van der Waals surface area contributed by atoms with Crippen molar-refractivity contribution in [3.63, 3.8) is 0 Å². The fourth-order valence-electron chi connectivity index (χ4n) is 2.91. The third kappa shape index (κ3) is 4.24.